The van der Waals surface area contributed by atoms with E-state index < -0.39 is 0 Å². The topological polar surface area (TPSA) is 62.7 Å². The Hall–Kier alpha value is -1.95. The van der Waals surface area contributed by atoms with Gasteiger partial charge in [0.15, 0.2) is 0 Å². The summed E-state index contributed by atoms with van der Waals surface area (Å²) in [5.41, 5.74) is 1.06. The van der Waals surface area contributed by atoms with Crippen LogP contribution >= 0.6 is 0 Å². The number of ether oxygens (including phenoxy) is 1. The summed E-state index contributed by atoms with van der Waals surface area (Å²) in [7, 11) is 0. The van der Waals surface area contributed by atoms with E-state index in [9.17, 15) is 9.59 Å². The van der Waals surface area contributed by atoms with Crippen molar-refractivity contribution in [2.24, 2.45) is 0 Å². The molecule has 2 rings (SSSR count). The van der Waals surface area contributed by atoms with Gasteiger partial charge in [-0.25, -0.2) is 0 Å². The van der Waals surface area contributed by atoms with Crippen molar-refractivity contribution in [1.82, 2.24) is 14.8 Å². The van der Waals surface area contributed by atoms with E-state index in [-0.39, 0.29) is 24.7 Å². The second-order valence-corrected chi connectivity index (χ2v) is 7.21. The number of nitrogens with zero attached hydrogens (tertiary/aromatic N) is 3. The van der Waals surface area contributed by atoms with E-state index in [1.165, 1.54) is 19.3 Å². The highest BCUT2D eigenvalue weighted by Crippen LogP contribution is 2.17. The summed E-state index contributed by atoms with van der Waals surface area (Å²) in [6, 6.07) is 4.49. The third-order valence-corrected chi connectivity index (χ3v) is 5.14. The SMILES string of the molecule is CCOC(=O)CCC(=O)N(CCCN1CCCCC1C)Cc1ccncc1. The van der Waals surface area contributed by atoms with Gasteiger partial charge in [0.25, 0.3) is 0 Å². The summed E-state index contributed by atoms with van der Waals surface area (Å²) in [6.07, 6.45) is 8.62. The van der Waals surface area contributed by atoms with Gasteiger partial charge in [0, 0.05) is 44.5 Å². The minimum atomic E-state index is -0.308. The maximum absolute atomic E-state index is 12.7. The van der Waals surface area contributed by atoms with Gasteiger partial charge in [-0.05, 0) is 57.4 Å². The minimum absolute atomic E-state index is 0.00607. The molecule has 1 amide bonds. The van der Waals surface area contributed by atoms with Crippen molar-refractivity contribution in [1.29, 1.82) is 0 Å². The first-order valence-electron chi connectivity index (χ1n) is 10.2. The standard InChI is InChI=1S/C21H33N3O3/c1-3-27-21(26)9-8-20(25)24(17-19-10-12-22-13-11-19)16-6-15-23-14-5-4-7-18(23)2/h10-13,18H,3-9,14-17H2,1-2H3. The van der Waals surface area contributed by atoms with Crippen molar-refractivity contribution in [3.05, 3.63) is 30.1 Å². The second kappa shape index (κ2) is 11.7. The van der Waals surface area contributed by atoms with Crippen LogP contribution in [0, 0.1) is 0 Å². The molecule has 1 aliphatic rings. The zero-order valence-corrected chi connectivity index (χ0v) is 16.7. The number of esters is 1. The van der Waals surface area contributed by atoms with E-state index in [0.717, 1.165) is 25.1 Å². The number of hydrogen-bond acceptors (Lipinski definition) is 5. The molecule has 1 aromatic heterocycles. The van der Waals surface area contributed by atoms with Crippen molar-refractivity contribution in [3.8, 4) is 0 Å². The summed E-state index contributed by atoms with van der Waals surface area (Å²) in [4.78, 5) is 32.7. The van der Waals surface area contributed by atoms with Crippen molar-refractivity contribution < 1.29 is 14.3 Å². The van der Waals surface area contributed by atoms with E-state index >= 15 is 0 Å². The summed E-state index contributed by atoms with van der Waals surface area (Å²) in [6.45, 7) is 7.84. The Morgan fingerprint density at radius 2 is 2.04 bits per heavy atom. The lowest BCUT2D eigenvalue weighted by Crippen LogP contribution is -2.40. The molecule has 1 aromatic rings. The van der Waals surface area contributed by atoms with Crippen LogP contribution in [0.3, 0.4) is 0 Å². The van der Waals surface area contributed by atoms with Crippen LogP contribution in [0.25, 0.3) is 0 Å². The molecule has 1 unspecified atom stereocenters. The quantitative estimate of drug-likeness (QED) is 0.588. The van der Waals surface area contributed by atoms with Crippen LogP contribution < -0.4 is 0 Å². The predicted molar refractivity (Wildman–Crippen MR) is 105 cm³/mol. The third kappa shape index (κ3) is 7.67. The van der Waals surface area contributed by atoms with Gasteiger partial charge in [-0.1, -0.05) is 6.42 Å². The molecule has 150 valence electrons. The molecular weight excluding hydrogens is 342 g/mol. The molecule has 1 aliphatic heterocycles. The minimum Gasteiger partial charge on any atom is -0.466 e. The van der Waals surface area contributed by atoms with Gasteiger partial charge in [-0.2, -0.15) is 0 Å². The molecule has 0 aliphatic carbocycles. The smallest absolute Gasteiger partial charge is 0.306 e. The monoisotopic (exact) mass is 375 g/mol. The first kappa shape index (κ1) is 21.4. The van der Waals surface area contributed by atoms with Crippen LogP contribution in [0.15, 0.2) is 24.5 Å². The summed E-state index contributed by atoms with van der Waals surface area (Å²) >= 11 is 0. The van der Waals surface area contributed by atoms with E-state index in [1.54, 1.807) is 19.3 Å². The Labute approximate surface area is 162 Å². The highest BCUT2D eigenvalue weighted by atomic mass is 16.5. The number of piperidine rings is 1. The van der Waals surface area contributed by atoms with E-state index in [1.807, 2.05) is 17.0 Å². The largest absolute Gasteiger partial charge is 0.466 e. The third-order valence-electron chi connectivity index (χ3n) is 5.14. The fourth-order valence-electron chi connectivity index (χ4n) is 3.56. The second-order valence-electron chi connectivity index (χ2n) is 7.21. The molecule has 1 atom stereocenters. The molecule has 1 saturated heterocycles. The lowest BCUT2D eigenvalue weighted by atomic mass is 10.0. The van der Waals surface area contributed by atoms with Crippen molar-refractivity contribution >= 4 is 11.9 Å². The van der Waals surface area contributed by atoms with Crippen LogP contribution in [-0.4, -0.2) is 58.9 Å². The average molecular weight is 376 g/mol. The Balaban J connectivity index is 1.88. The average Bonchev–Trinajstić information content (AvgIpc) is 2.68. The maximum Gasteiger partial charge on any atom is 0.306 e. The fraction of sp³-hybridized carbons (Fsp3) is 0.667. The number of hydrogen-bond donors (Lipinski definition) is 0. The van der Waals surface area contributed by atoms with Gasteiger partial charge in [0.2, 0.25) is 5.91 Å². The van der Waals surface area contributed by atoms with Crippen LogP contribution in [0.4, 0.5) is 0 Å². The molecule has 6 nitrogen and oxygen atoms in total. The lowest BCUT2D eigenvalue weighted by molar-refractivity contribution is -0.145. The molecule has 0 radical (unpaired) electrons. The summed E-state index contributed by atoms with van der Waals surface area (Å²) in [5, 5.41) is 0. The molecule has 27 heavy (non-hydrogen) atoms. The van der Waals surface area contributed by atoms with Gasteiger partial charge in [-0.15, -0.1) is 0 Å². The molecule has 1 fully saturated rings. The molecular formula is C21H33N3O3. The molecule has 0 aromatic carbocycles. The van der Waals surface area contributed by atoms with Gasteiger partial charge >= 0.3 is 5.97 Å². The van der Waals surface area contributed by atoms with Crippen LogP contribution in [0.5, 0.6) is 0 Å². The number of amides is 1. The van der Waals surface area contributed by atoms with Crippen LogP contribution in [0.1, 0.15) is 57.9 Å². The van der Waals surface area contributed by atoms with Crippen LogP contribution in [-0.2, 0) is 20.9 Å². The molecule has 0 spiro atoms. The van der Waals surface area contributed by atoms with Gasteiger partial charge in [0.1, 0.15) is 0 Å². The number of pyridine rings is 1. The highest BCUT2D eigenvalue weighted by molar-refractivity contribution is 5.81. The number of carbonyl (C=O) groups is 2. The molecule has 0 bridgehead atoms. The summed E-state index contributed by atoms with van der Waals surface area (Å²) in [5.74, 6) is -0.302. The lowest BCUT2D eigenvalue weighted by Gasteiger charge is -2.34. The predicted octanol–water partition coefficient (Wildman–Crippen LogP) is 3.02. The van der Waals surface area contributed by atoms with Crippen molar-refractivity contribution in [3.63, 3.8) is 0 Å². The maximum atomic E-state index is 12.7. The van der Waals surface area contributed by atoms with Crippen LogP contribution in [0.2, 0.25) is 0 Å². The Bertz CT molecular complexity index is 579. The van der Waals surface area contributed by atoms with Gasteiger partial charge < -0.3 is 14.5 Å². The number of likely N-dealkylation sites (tertiary alicyclic amines) is 1. The molecule has 6 heteroatoms. The Morgan fingerprint density at radius 1 is 1.26 bits per heavy atom. The van der Waals surface area contributed by atoms with E-state index in [0.29, 0.717) is 25.7 Å². The molecule has 2 heterocycles. The molecule has 0 saturated carbocycles. The zero-order chi connectivity index (χ0) is 19.5. The number of aromatic nitrogens is 1. The first-order chi connectivity index (χ1) is 13.1. The normalized spacial score (nSPS) is 17.5. The van der Waals surface area contributed by atoms with Crippen molar-refractivity contribution in [2.45, 2.75) is 65.0 Å². The highest BCUT2D eigenvalue weighted by Gasteiger charge is 2.20. The van der Waals surface area contributed by atoms with E-state index in [4.69, 9.17) is 4.74 Å². The van der Waals surface area contributed by atoms with Gasteiger partial charge in [0.05, 0.1) is 13.0 Å². The first-order valence-corrected chi connectivity index (χ1v) is 10.2. The number of rotatable bonds is 10. The van der Waals surface area contributed by atoms with Gasteiger partial charge in [-0.3, -0.25) is 14.6 Å². The Kier molecular flexibility index (Phi) is 9.25. The molecule has 0 N–H and O–H groups in total. The Morgan fingerprint density at radius 3 is 2.74 bits per heavy atom. The zero-order valence-electron chi connectivity index (χ0n) is 16.7. The fourth-order valence-corrected chi connectivity index (χ4v) is 3.56. The number of carbonyl (C=O) groups excluding carboxylic acids is 2. The van der Waals surface area contributed by atoms with E-state index in [2.05, 4.69) is 16.8 Å². The summed E-state index contributed by atoms with van der Waals surface area (Å²) < 4.78 is 4.94. The van der Waals surface area contributed by atoms with Crippen molar-refractivity contribution in [2.75, 3.05) is 26.2 Å².